The molecule has 0 N–H and O–H groups in total. The summed E-state index contributed by atoms with van der Waals surface area (Å²) in [4.78, 5) is 13.8. The molecule has 62 valence electrons. The van der Waals surface area contributed by atoms with Gasteiger partial charge in [-0.25, -0.2) is 0 Å². The molecule has 1 aromatic rings. The van der Waals surface area contributed by atoms with Crippen LogP contribution in [-0.4, -0.2) is 9.91 Å². The van der Waals surface area contributed by atoms with Crippen molar-refractivity contribution >= 4 is 11.8 Å². The molecule has 0 aromatic carbocycles. The Hall–Kier alpha value is -1.71. The maximum atomic E-state index is 10.3. The first-order chi connectivity index (χ1) is 5.74. The molecule has 0 fully saturated rings. The normalized spacial score (nSPS) is 10.4. The van der Waals surface area contributed by atoms with Gasteiger partial charge in [-0.3, -0.25) is 15.1 Å². The van der Waals surface area contributed by atoms with Crippen LogP contribution in [0.4, 0.5) is 5.69 Å². The number of pyridine rings is 1. The number of hydrogen-bond donors (Lipinski definition) is 0. The smallest absolute Gasteiger partial charge is 0.258 e. The van der Waals surface area contributed by atoms with E-state index in [1.807, 2.05) is 6.92 Å². The average molecular weight is 164 g/mol. The Balaban J connectivity index is 3.03. The number of nitro groups is 1. The zero-order valence-corrected chi connectivity index (χ0v) is 6.60. The summed E-state index contributed by atoms with van der Waals surface area (Å²) in [7, 11) is 0. The number of aromatic nitrogens is 1. The van der Waals surface area contributed by atoms with E-state index in [2.05, 4.69) is 4.98 Å². The Bertz CT molecular complexity index is 321. The van der Waals surface area contributed by atoms with E-state index >= 15 is 0 Å². The summed E-state index contributed by atoms with van der Waals surface area (Å²) in [6, 6.07) is 2.80. The summed E-state index contributed by atoms with van der Waals surface area (Å²) < 4.78 is 0. The Morgan fingerprint density at radius 1 is 1.67 bits per heavy atom. The van der Waals surface area contributed by atoms with Gasteiger partial charge < -0.3 is 0 Å². The summed E-state index contributed by atoms with van der Waals surface area (Å²) in [6.45, 7) is 1.83. The number of hydrogen-bond acceptors (Lipinski definition) is 3. The van der Waals surface area contributed by atoms with Crippen LogP contribution >= 0.6 is 0 Å². The molecule has 0 bridgehead atoms. The van der Waals surface area contributed by atoms with Crippen LogP contribution in [0.5, 0.6) is 0 Å². The quantitative estimate of drug-likeness (QED) is 0.496. The van der Waals surface area contributed by atoms with Crippen LogP contribution in [0, 0.1) is 10.1 Å². The summed E-state index contributed by atoms with van der Waals surface area (Å²) in [5, 5.41) is 10.3. The highest BCUT2D eigenvalue weighted by molar-refractivity contribution is 5.48. The summed E-state index contributed by atoms with van der Waals surface area (Å²) in [5.74, 6) is 0. The van der Waals surface area contributed by atoms with Crippen molar-refractivity contribution in [3.63, 3.8) is 0 Å². The third-order valence-corrected chi connectivity index (χ3v) is 1.31. The van der Waals surface area contributed by atoms with Gasteiger partial charge in [0.15, 0.2) is 0 Å². The molecule has 4 nitrogen and oxygen atoms in total. The van der Waals surface area contributed by atoms with Gasteiger partial charge in [-0.2, -0.15) is 0 Å². The molecule has 0 saturated heterocycles. The summed E-state index contributed by atoms with van der Waals surface area (Å²) >= 11 is 0. The van der Waals surface area contributed by atoms with Crippen molar-refractivity contribution in [2.45, 2.75) is 6.92 Å². The van der Waals surface area contributed by atoms with Gasteiger partial charge in [-0.15, -0.1) is 0 Å². The molecule has 1 aromatic heterocycles. The molecular weight excluding hydrogens is 156 g/mol. The fourth-order valence-corrected chi connectivity index (χ4v) is 0.812. The average Bonchev–Trinajstić information content (AvgIpc) is 2.05. The zero-order chi connectivity index (χ0) is 8.97. The molecule has 1 rings (SSSR count). The van der Waals surface area contributed by atoms with Crippen LogP contribution in [0.3, 0.4) is 0 Å². The van der Waals surface area contributed by atoms with Gasteiger partial charge in [0.2, 0.25) is 0 Å². The van der Waals surface area contributed by atoms with Gasteiger partial charge in [0, 0.05) is 18.3 Å². The molecule has 0 spiro atoms. The predicted octanol–water partition coefficient (Wildman–Crippen LogP) is 2.02. The Morgan fingerprint density at radius 2 is 2.42 bits per heavy atom. The van der Waals surface area contributed by atoms with E-state index in [0.717, 1.165) is 0 Å². The van der Waals surface area contributed by atoms with Crippen molar-refractivity contribution in [3.8, 4) is 0 Å². The zero-order valence-electron chi connectivity index (χ0n) is 6.60. The van der Waals surface area contributed by atoms with Gasteiger partial charge in [-0.05, 0) is 13.0 Å². The van der Waals surface area contributed by atoms with Gasteiger partial charge in [0.25, 0.3) is 5.69 Å². The monoisotopic (exact) mass is 164 g/mol. The molecule has 0 atom stereocenters. The van der Waals surface area contributed by atoms with Gasteiger partial charge in [0.05, 0.1) is 10.6 Å². The van der Waals surface area contributed by atoms with Crippen molar-refractivity contribution in [3.05, 3.63) is 40.2 Å². The Morgan fingerprint density at radius 3 is 3.00 bits per heavy atom. The van der Waals surface area contributed by atoms with E-state index in [0.29, 0.717) is 5.69 Å². The largest absolute Gasteiger partial charge is 0.273 e. The maximum Gasteiger partial charge on any atom is 0.273 e. The van der Waals surface area contributed by atoms with E-state index in [1.54, 1.807) is 12.2 Å². The van der Waals surface area contributed by atoms with Crippen LogP contribution in [-0.2, 0) is 0 Å². The van der Waals surface area contributed by atoms with Crippen molar-refractivity contribution < 1.29 is 4.92 Å². The molecular formula is C8H8N2O2. The molecule has 0 unspecified atom stereocenters. The van der Waals surface area contributed by atoms with Crippen LogP contribution in [0.15, 0.2) is 24.4 Å². The van der Waals surface area contributed by atoms with Crippen molar-refractivity contribution in [1.82, 2.24) is 4.98 Å². The fraction of sp³-hybridized carbons (Fsp3) is 0.125. The molecule has 0 amide bonds. The molecule has 4 heteroatoms. The number of allylic oxidation sites excluding steroid dienone is 1. The van der Waals surface area contributed by atoms with Gasteiger partial charge in [0.1, 0.15) is 0 Å². The van der Waals surface area contributed by atoms with E-state index < -0.39 is 4.92 Å². The molecule has 0 aliphatic rings. The summed E-state index contributed by atoms with van der Waals surface area (Å²) in [6.07, 6.45) is 4.92. The first-order valence-electron chi connectivity index (χ1n) is 3.47. The van der Waals surface area contributed by atoms with Gasteiger partial charge in [-0.1, -0.05) is 6.08 Å². The van der Waals surface area contributed by atoms with E-state index in [-0.39, 0.29) is 5.69 Å². The standard InChI is InChI=1S/C8H8N2O2/c1-2-3-7-6-8(10(11)12)4-5-9-7/h2-6H,1H3/b3-2+. The molecule has 0 aliphatic carbocycles. The first-order valence-corrected chi connectivity index (χ1v) is 3.47. The lowest BCUT2D eigenvalue weighted by Gasteiger charge is -1.91. The maximum absolute atomic E-state index is 10.3. The predicted molar refractivity (Wildman–Crippen MR) is 45.6 cm³/mol. The van der Waals surface area contributed by atoms with Crippen molar-refractivity contribution in [2.75, 3.05) is 0 Å². The SMILES string of the molecule is C/C=C/c1cc([N+](=O)[O-])ccn1. The Labute approximate surface area is 69.7 Å². The lowest BCUT2D eigenvalue weighted by atomic mass is 10.3. The number of rotatable bonds is 2. The second-order valence-electron chi connectivity index (χ2n) is 2.20. The van der Waals surface area contributed by atoms with E-state index in [4.69, 9.17) is 0 Å². The topological polar surface area (TPSA) is 56.0 Å². The summed E-state index contributed by atoms with van der Waals surface area (Å²) in [5.41, 5.74) is 0.671. The lowest BCUT2D eigenvalue weighted by molar-refractivity contribution is -0.384. The third-order valence-electron chi connectivity index (χ3n) is 1.31. The molecule has 0 aliphatic heterocycles. The molecule has 0 saturated carbocycles. The Kier molecular flexibility index (Phi) is 2.53. The second-order valence-corrected chi connectivity index (χ2v) is 2.20. The first kappa shape index (κ1) is 8.39. The van der Waals surface area contributed by atoms with Crippen molar-refractivity contribution in [1.29, 1.82) is 0 Å². The van der Waals surface area contributed by atoms with Crippen LogP contribution in [0.1, 0.15) is 12.6 Å². The van der Waals surface area contributed by atoms with Crippen LogP contribution < -0.4 is 0 Å². The molecule has 0 radical (unpaired) electrons. The second kappa shape index (κ2) is 3.61. The minimum atomic E-state index is -0.436. The van der Waals surface area contributed by atoms with Crippen LogP contribution in [0.25, 0.3) is 6.08 Å². The van der Waals surface area contributed by atoms with Crippen molar-refractivity contribution in [2.24, 2.45) is 0 Å². The molecule has 1 heterocycles. The van der Waals surface area contributed by atoms with Gasteiger partial charge >= 0.3 is 0 Å². The third kappa shape index (κ3) is 1.88. The van der Waals surface area contributed by atoms with Crippen LogP contribution in [0.2, 0.25) is 0 Å². The minimum Gasteiger partial charge on any atom is -0.258 e. The van der Waals surface area contributed by atoms with E-state index in [9.17, 15) is 10.1 Å². The highest BCUT2D eigenvalue weighted by Gasteiger charge is 2.03. The fourth-order valence-electron chi connectivity index (χ4n) is 0.812. The lowest BCUT2D eigenvalue weighted by Crippen LogP contribution is -1.89. The number of nitrogens with zero attached hydrogens (tertiary/aromatic N) is 2. The molecule has 12 heavy (non-hydrogen) atoms. The van der Waals surface area contributed by atoms with E-state index in [1.165, 1.54) is 18.3 Å². The minimum absolute atomic E-state index is 0.0677. The highest BCUT2D eigenvalue weighted by Crippen LogP contribution is 2.11. The highest BCUT2D eigenvalue weighted by atomic mass is 16.6.